The van der Waals surface area contributed by atoms with Gasteiger partial charge in [-0.15, -0.1) is 11.8 Å². The summed E-state index contributed by atoms with van der Waals surface area (Å²) in [6.07, 6.45) is 1.07. The van der Waals surface area contributed by atoms with Gasteiger partial charge in [0.2, 0.25) is 0 Å². The molecule has 0 heterocycles. The van der Waals surface area contributed by atoms with Crippen LogP contribution in [0.1, 0.15) is 35.6 Å². The molecule has 0 aliphatic carbocycles. The highest BCUT2D eigenvalue weighted by molar-refractivity contribution is 7.98. The van der Waals surface area contributed by atoms with Gasteiger partial charge in [-0.2, -0.15) is 11.8 Å². The Kier molecular flexibility index (Phi) is 12.9. The zero-order chi connectivity index (χ0) is 29.4. The molecule has 2 amide bonds. The lowest BCUT2D eigenvalue weighted by Gasteiger charge is -2.25. The van der Waals surface area contributed by atoms with Crippen LogP contribution in [0.5, 0.6) is 0 Å². The van der Waals surface area contributed by atoms with Crippen molar-refractivity contribution < 1.29 is 14.3 Å². The van der Waals surface area contributed by atoms with Gasteiger partial charge in [-0.3, -0.25) is 4.79 Å². The van der Waals surface area contributed by atoms with Crippen molar-refractivity contribution in [2.75, 3.05) is 24.2 Å². The standard InChI is InChI=1S/C35H38N2O3S2/c1-2-33(38)40-25-31-19-12-20-32(42-27-30-17-10-5-11-18-30)34(31)36-35(39)37(22-21-28-13-6-3-7-14-28)23-24-41-26-29-15-8-4-9-16-29/h3-20H,2,21-27H2,1H3,(H,36,39). The topological polar surface area (TPSA) is 58.6 Å². The number of anilines is 1. The fourth-order valence-electron chi connectivity index (χ4n) is 4.30. The van der Waals surface area contributed by atoms with Gasteiger partial charge in [-0.1, -0.05) is 110 Å². The van der Waals surface area contributed by atoms with Crippen LogP contribution in [0, 0.1) is 0 Å². The molecule has 0 spiro atoms. The number of hydrogen-bond donors (Lipinski definition) is 1. The van der Waals surface area contributed by atoms with Crippen molar-refractivity contribution in [3.05, 3.63) is 131 Å². The first-order valence-electron chi connectivity index (χ1n) is 14.3. The fraction of sp³-hybridized carbons (Fsp3) is 0.257. The maximum absolute atomic E-state index is 13.9. The van der Waals surface area contributed by atoms with Gasteiger partial charge in [0, 0.05) is 47.2 Å². The number of carbonyl (C=O) groups is 2. The molecule has 0 unspecified atom stereocenters. The molecule has 1 N–H and O–H groups in total. The number of amides is 2. The SMILES string of the molecule is CCC(=O)OCc1cccc(SCc2ccccc2)c1NC(=O)N(CCSCc1ccccc1)CCc1ccccc1. The third-order valence-electron chi connectivity index (χ3n) is 6.68. The summed E-state index contributed by atoms with van der Waals surface area (Å²) >= 11 is 3.48. The van der Waals surface area contributed by atoms with Gasteiger partial charge in [-0.05, 0) is 29.2 Å². The van der Waals surface area contributed by atoms with Crippen molar-refractivity contribution in [1.29, 1.82) is 0 Å². The van der Waals surface area contributed by atoms with E-state index in [4.69, 9.17) is 4.74 Å². The molecular formula is C35H38N2O3S2. The van der Waals surface area contributed by atoms with Gasteiger partial charge in [0.05, 0.1) is 5.69 Å². The van der Waals surface area contributed by atoms with Crippen LogP contribution in [0.15, 0.2) is 114 Å². The Morgan fingerprint density at radius 3 is 2.00 bits per heavy atom. The molecule has 42 heavy (non-hydrogen) atoms. The molecule has 0 radical (unpaired) electrons. The molecule has 0 aliphatic rings. The van der Waals surface area contributed by atoms with E-state index in [-0.39, 0.29) is 18.6 Å². The minimum Gasteiger partial charge on any atom is -0.461 e. The van der Waals surface area contributed by atoms with Crippen molar-refractivity contribution in [3.8, 4) is 0 Å². The van der Waals surface area contributed by atoms with E-state index >= 15 is 0 Å². The number of hydrogen-bond acceptors (Lipinski definition) is 5. The molecule has 218 valence electrons. The van der Waals surface area contributed by atoms with Gasteiger partial charge in [0.25, 0.3) is 0 Å². The summed E-state index contributed by atoms with van der Waals surface area (Å²) in [5, 5.41) is 3.22. The summed E-state index contributed by atoms with van der Waals surface area (Å²) in [6, 6.07) is 36.6. The molecule has 0 saturated carbocycles. The monoisotopic (exact) mass is 598 g/mol. The first kappa shape index (κ1) is 31.3. The van der Waals surface area contributed by atoms with Crippen molar-refractivity contribution in [2.24, 2.45) is 0 Å². The van der Waals surface area contributed by atoms with Gasteiger partial charge < -0.3 is 15.0 Å². The number of para-hydroxylation sites is 1. The van der Waals surface area contributed by atoms with Gasteiger partial charge in [-0.25, -0.2) is 4.79 Å². The summed E-state index contributed by atoms with van der Waals surface area (Å²) < 4.78 is 5.49. The second-order valence-electron chi connectivity index (χ2n) is 9.77. The van der Waals surface area contributed by atoms with E-state index < -0.39 is 0 Å². The van der Waals surface area contributed by atoms with Gasteiger partial charge in [0.1, 0.15) is 6.61 Å². The molecule has 0 aliphatic heterocycles. The van der Waals surface area contributed by atoms with Crippen LogP contribution in [0.3, 0.4) is 0 Å². The number of thioether (sulfide) groups is 2. The van der Waals surface area contributed by atoms with E-state index in [1.165, 1.54) is 16.7 Å². The summed E-state index contributed by atoms with van der Waals surface area (Å²) in [4.78, 5) is 28.7. The Balaban J connectivity index is 1.50. The van der Waals surface area contributed by atoms with Crippen molar-refractivity contribution in [1.82, 2.24) is 4.90 Å². The van der Waals surface area contributed by atoms with E-state index in [9.17, 15) is 9.59 Å². The Morgan fingerprint density at radius 1 is 0.738 bits per heavy atom. The third kappa shape index (κ3) is 10.3. The molecular weight excluding hydrogens is 561 g/mol. The number of nitrogens with one attached hydrogen (secondary N) is 1. The van der Waals surface area contributed by atoms with E-state index in [0.29, 0.717) is 25.2 Å². The van der Waals surface area contributed by atoms with Crippen LogP contribution < -0.4 is 5.32 Å². The van der Waals surface area contributed by atoms with E-state index in [1.54, 1.807) is 18.7 Å². The Labute approximate surface area is 258 Å². The normalized spacial score (nSPS) is 10.7. The zero-order valence-electron chi connectivity index (χ0n) is 24.0. The average Bonchev–Trinajstić information content (AvgIpc) is 3.04. The molecule has 5 nitrogen and oxygen atoms in total. The lowest BCUT2D eigenvalue weighted by Crippen LogP contribution is -2.38. The van der Waals surface area contributed by atoms with Crippen LogP contribution in [0.25, 0.3) is 0 Å². The maximum Gasteiger partial charge on any atom is 0.321 e. The predicted octanol–water partition coefficient (Wildman–Crippen LogP) is 8.44. The van der Waals surface area contributed by atoms with Crippen LogP contribution in [-0.4, -0.2) is 35.7 Å². The first-order chi connectivity index (χ1) is 20.6. The van der Waals surface area contributed by atoms with Crippen molar-refractivity contribution in [2.45, 2.75) is 42.8 Å². The van der Waals surface area contributed by atoms with Crippen LogP contribution in [-0.2, 0) is 34.1 Å². The molecule has 0 bridgehead atoms. The highest BCUT2D eigenvalue weighted by atomic mass is 32.2. The number of ether oxygens (including phenoxy) is 1. The second-order valence-corrected chi connectivity index (χ2v) is 11.9. The summed E-state index contributed by atoms with van der Waals surface area (Å²) in [5.41, 5.74) is 5.15. The quantitative estimate of drug-likeness (QED) is 0.0845. The number of nitrogens with zero attached hydrogens (tertiary/aromatic N) is 1. The number of urea groups is 1. The van der Waals surface area contributed by atoms with Crippen LogP contribution >= 0.6 is 23.5 Å². The molecule has 4 aromatic rings. The lowest BCUT2D eigenvalue weighted by molar-refractivity contribution is -0.144. The van der Waals surface area contributed by atoms with Crippen LogP contribution in [0.4, 0.5) is 10.5 Å². The van der Waals surface area contributed by atoms with Crippen molar-refractivity contribution in [3.63, 3.8) is 0 Å². The third-order valence-corrected chi connectivity index (χ3v) is 8.81. The average molecular weight is 599 g/mol. The second kappa shape index (κ2) is 17.3. The molecule has 0 saturated heterocycles. The molecule has 0 atom stereocenters. The van der Waals surface area contributed by atoms with E-state index in [2.05, 4.69) is 53.8 Å². The van der Waals surface area contributed by atoms with Crippen LogP contribution in [0.2, 0.25) is 0 Å². The number of carbonyl (C=O) groups excluding carboxylic acids is 2. The minimum atomic E-state index is -0.269. The molecule has 4 aromatic carbocycles. The van der Waals surface area contributed by atoms with E-state index in [1.807, 2.05) is 77.3 Å². The summed E-state index contributed by atoms with van der Waals surface area (Å²) in [6.45, 7) is 3.10. The maximum atomic E-state index is 13.9. The fourth-order valence-corrected chi connectivity index (χ4v) is 6.24. The first-order valence-corrected chi connectivity index (χ1v) is 16.4. The molecule has 7 heteroatoms. The Morgan fingerprint density at radius 2 is 1.36 bits per heavy atom. The summed E-state index contributed by atoms with van der Waals surface area (Å²) in [7, 11) is 0. The van der Waals surface area contributed by atoms with Gasteiger partial charge >= 0.3 is 12.0 Å². The number of rotatable bonds is 15. The number of benzene rings is 4. The van der Waals surface area contributed by atoms with E-state index in [0.717, 1.165) is 34.1 Å². The molecule has 4 rings (SSSR count). The highest BCUT2D eigenvalue weighted by Gasteiger charge is 2.19. The largest absolute Gasteiger partial charge is 0.461 e. The predicted molar refractivity (Wildman–Crippen MR) is 176 cm³/mol. The Hall–Kier alpha value is -3.68. The van der Waals surface area contributed by atoms with Gasteiger partial charge in [0.15, 0.2) is 0 Å². The summed E-state index contributed by atoms with van der Waals surface area (Å²) in [5.74, 6) is 2.22. The minimum absolute atomic E-state index is 0.110. The smallest absolute Gasteiger partial charge is 0.321 e. The van der Waals surface area contributed by atoms with Crippen molar-refractivity contribution >= 4 is 41.2 Å². The molecule has 0 fully saturated rings. The molecule has 0 aromatic heterocycles. The number of esters is 1. The highest BCUT2D eigenvalue weighted by Crippen LogP contribution is 2.33. The lowest BCUT2D eigenvalue weighted by atomic mass is 10.1. The Bertz CT molecular complexity index is 1390. The zero-order valence-corrected chi connectivity index (χ0v) is 25.7.